The fourth-order valence-corrected chi connectivity index (χ4v) is 2.78. The maximum atomic E-state index is 12.4. The van der Waals surface area contributed by atoms with E-state index in [0.29, 0.717) is 10.0 Å². The molecule has 0 aliphatic carbocycles. The van der Waals surface area contributed by atoms with Crippen LogP contribution < -0.4 is 10.6 Å². The Kier molecular flexibility index (Phi) is 4.95. The van der Waals surface area contributed by atoms with Crippen molar-refractivity contribution in [1.29, 1.82) is 0 Å². The molecule has 0 saturated carbocycles. The first-order valence-electron chi connectivity index (χ1n) is 6.93. The zero-order chi connectivity index (χ0) is 14.8. The lowest BCUT2D eigenvalue weighted by Gasteiger charge is -2.34. The summed E-state index contributed by atoms with van der Waals surface area (Å²) < 4.78 is 0. The van der Waals surface area contributed by atoms with Crippen LogP contribution in [-0.4, -0.2) is 18.0 Å². The summed E-state index contributed by atoms with van der Waals surface area (Å²) in [7, 11) is 0. The molecule has 1 amide bonds. The lowest BCUT2D eigenvalue weighted by molar-refractivity contribution is -0.128. The van der Waals surface area contributed by atoms with Gasteiger partial charge in [-0.3, -0.25) is 4.79 Å². The van der Waals surface area contributed by atoms with Crippen LogP contribution in [0.3, 0.4) is 0 Å². The van der Waals surface area contributed by atoms with E-state index in [0.717, 1.165) is 31.4 Å². The van der Waals surface area contributed by atoms with Crippen LogP contribution in [0.25, 0.3) is 0 Å². The minimum atomic E-state index is -0.470. The van der Waals surface area contributed by atoms with Crippen LogP contribution in [0.2, 0.25) is 10.0 Å². The molecule has 3 nitrogen and oxygen atoms in total. The highest BCUT2D eigenvalue weighted by Gasteiger charge is 2.34. The number of carbonyl (C=O) groups excluding carboxylic acids is 1. The molecule has 2 unspecified atom stereocenters. The van der Waals surface area contributed by atoms with Gasteiger partial charge in [0.2, 0.25) is 5.91 Å². The second-order valence-corrected chi connectivity index (χ2v) is 6.40. The standard InChI is InChI=1S/C15H20Cl2N2O/c1-10(11-5-6-12(16)13(17)9-11)19-14(20)15(2)7-3-4-8-18-15/h5-6,9-10,18H,3-4,7-8H2,1-2H3,(H,19,20). The molecule has 110 valence electrons. The molecule has 1 fully saturated rings. The van der Waals surface area contributed by atoms with E-state index in [4.69, 9.17) is 23.2 Å². The van der Waals surface area contributed by atoms with E-state index in [-0.39, 0.29) is 11.9 Å². The highest BCUT2D eigenvalue weighted by Crippen LogP contribution is 2.26. The third kappa shape index (κ3) is 3.46. The summed E-state index contributed by atoms with van der Waals surface area (Å²) in [6.45, 7) is 4.80. The summed E-state index contributed by atoms with van der Waals surface area (Å²) >= 11 is 11.9. The molecular weight excluding hydrogens is 295 g/mol. The molecule has 20 heavy (non-hydrogen) atoms. The average molecular weight is 315 g/mol. The first-order valence-corrected chi connectivity index (χ1v) is 7.69. The van der Waals surface area contributed by atoms with Crippen molar-refractivity contribution in [3.05, 3.63) is 33.8 Å². The summed E-state index contributed by atoms with van der Waals surface area (Å²) in [5.41, 5.74) is 0.482. The minimum absolute atomic E-state index is 0.0378. The largest absolute Gasteiger partial charge is 0.348 e. The second-order valence-electron chi connectivity index (χ2n) is 5.58. The topological polar surface area (TPSA) is 41.1 Å². The fourth-order valence-electron chi connectivity index (χ4n) is 2.47. The quantitative estimate of drug-likeness (QED) is 0.893. The molecule has 1 aromatic rings. The van der Waals surface area contributed by atoms with Gasteiger partial charge in [0.15, 0.2) is 0 Å². The first-order chi connectivity index (χ1) is 9.42. The van der Waals surface area contributed by atoms with Gasteiger partial charge in [-0.15, -0.1) is 0 Å². The Hall–Kier alpha value is -0.770. The lowest BCUT2D eigenvalue weighted by Crippen LogP contribution is -2.57. The van der Waals surface area contributed by atoms with E-state index in [1.807, 2.05) is 19.9 Å². The summed E-state index contributed by atoms with van der Waals surface area (Å²) in [4.78, 5) is 12.4. The van der Waals surface area contributed by atoms with Crippen molar-refractivity contribution in [2.75, 3.05) is 6.54 Å². The Morgan fingerprint density at radius 3 is 2.70 bits per heavy atom. The SMILES string of the molecule is CC(NC(=O)C1(C)CCCCN1)c1ccc(Cl)c(Cl)c1. The van der Waals surface area contributed by atoms with Crippen LogP contribution in [0.5, 0.6) is 0 Å². The van der Waals surface area contributed by atoms with Gasteiger partial charge >= 0.3 is 0 Å². The van der Waals surface area contributed by atoms with Crippen molar-refractivity contribution in [3.8, 4) is 0 Å². The first kappa shape index (κ1) is 15.6. The van der Waals surface area contributed by atoms with Gasteiger partial charge in [0.05, 0.1) is 21.6 Å². The zero-order valence-corrected chi connectivity index (χ0v) is 13.3. The van der Waals surface area contributed by atoms with Gasteiger partial charge in [-0.2, -0.15) is 0 Å². The van der Waals surface area contributed by atoms with Crippen molar-refractivity contribution in [1.82, 2.24) is 10.6 Å². The monoisotopic (exact) mass is 314 g/mol. The van der Waals surface area contributed by atoms with Crippen LogP contribution in [-0.2, 0) is 4.79 Å². The number of hydrogen-bond acceptors (Lipinski definition) is 2. The number of halogens is 2. The third-order valence-corrected chi connectivity index (χ3v) is 4.65. The summed E-state index contributed by atoms with van der Waals surface area (Å²) in [5.74, 6) is 0.0378. The fraction of sp³-hybridized carbons (Fsp3) is 0.533. The van der Waals surface area contributed by atoms with Gasteiger partial charge in [0.1, 0.15) is 0 Å². The van der Waals surface area contributed by atoms with Crippen LogP contribution in [0.15, 0.2) is 18.2 Å². The number of amides is 1. The highest BCUT2D eigenvalue weighted by molar-refractivity contribution is 6.42. The predicted molar refractivity (Wildman–Crippen MR) is 83.3 cm³/mol. The van der Waals surface area contributed by atoms with E-state index in [2.05, 4.69) is 10.6 Å². The van der Waals surface area contributed by atoms with Gasteiger partial charge < -0.3 is 10.6 Å². The maximum Gasteiger partial charge on any atom is 0.240 e. The number of hydrogen-bond donors (Lipinski definition) is 2. The molecule has 2 atom stereocenters. The summed E-state index contributed by atoms with van der Waals surface area (Å²) in [5, 5.41) is 7.39. The molecule has 0 spiro atoms. The minimum Gasteiger partial charge on any atom is -0.348 e. The molecule has 0 aromatic heterocycles. The van der Waals surface area contributed by atoms with Gasteiger partial charge in [-0.05, 0) is 57.4 Å². The average Bonchev–Trinajstić information content (AvgIpc) is 2.42. The van der Waals surface area contributed by atoms with E-state index in [9.17, 15) is 4.79 Å². The number of benzene rings is 1. The van der Waals surface area contributed by atoms with Crippen molar-refractivity contribution >= 4 is 29.1 Å². The zero-order valence-electron chi connectivity index (χ0n) is 11.8. The number of carbonyl (C=O) groups is 1. The third-order valence-electron chi connectivity index (χ3n) is 3.91. The summed E-state index contributed by atoms with van der Waals surface area (Å²) in [6.07, 6.45) is 3.08. The second kappa shape index (κ2) is 6.33. The molecule has 2 rings (SSSR count). The van der Waals surface area contributed by atoms with Gasteiger partial charge in [0, 0.05) is 0 Å². The Bertz CT molecular complexity index is 499. The van der Waals surface area contributed by atoms with Crippen LogP contribution in [0.4, 0.5) is 0 Å². The van der Waals surface area contributed by atoms with E-state index in [1.165, 1.54) is 0 Å². The van der Waals surface area contributed by atoms with Gasteiger partial charge in [-0.1, -0.05) is 29.3 Å². The molecule has 1 aliphatic heterocycles. The van der Waals surface area contributed by atoms with E-state index >= 15 is 0 Å². The number of nitrogens with one attached hydrogen (secondary N) is 2. The Morgan fingerprint density at radius 2 is 2.10 bits per heavy atom. The molecule has 0 bridgehead atoms. The molecule has 1 saturated heterocycles. The molecule has 1 heterocycles. The number of rotatable bonds is 3. The van der Waals surface area contributed by atoms with Gasteiger partial charge in [0.25, 0.3) is 0 Å². The molecular formula is C15H20Cl2N2O. The normalized spacial score (nSPS) is 24.2. The van der Waals surface area contributed by atoms with Crippen molar-refractivity contribution < 1.29 is 4.79 Å². The van der Waals surface area contributed by atoms with E-state index in [1.54, 1.807) is 12.1 Å². The van der Waals surface area contributed by atoms with E-state index < -0.39 is 5.54 Å². The Balaban J connectivity index is 2.04. The molecule has 1 aromatic carbocycles. The van der Waals surface area contributed by atoms with Crippen LogP contribution in [0, 0.1) is 0 Å². The molecule has 5 heteroatoms. The van der Waals surface area contributed by atoms with Crippen molar-refractivity contribution in [2.45, 2.75) is 44.7 Å². The van der Waals surface area contributed by atoms with Crippen LogP contribution >= 0.6 is 23.2 Å². The lowest BCUT2D eigenvalue weighted by atomic mass is 9.89. The molecule has 0 radical (unpaired) electrons. The smallest absolute Gasteiger partial charge is 0.240 e. The predicted octanol–water partition coefficient (Wildman–Crippen LogP) is 3.70. The van der Waals surface area contributed by atoms with Crippen molar-refractivity contribution in [3.63, 3.8) is 0 Å². The molecule has 2 N–H and O–H groups in total. The Labute approximate surface area is 130 Å². The Morgan fingerprint density at radius 1 is 1.35 bits per heavy atom. The molecule has 1 aliphatic rings. The van der Waals surface area contributed by atoms with Crippen LogP contribution in [0.1, 0.15) is 44.7 Å². The number of piperidine rings is 1. The van der Waals surface area contributed by atoms with Crippen molar-refractivity contribution in [2.24, 2.45) is 0 Å². The summed E-state index contributed by atoms with van der Waals surface area (Å²) in [6, 6.07) is 5.33. The van der Waals surface area contributed by atoms with Gasteiger partial charge in [-0.25, -0.2) is 0 Å². The maximum absolute atomic E-state index is 12.4. The highest BCUT2D eigenvalue weighted by atomic mass is 35.5.